The molecule has 0 atom stereocenters. The van der Waals surface area contributed by atoms with Crippen LogP contribution in [0.5, 0.6) is 0 Å². The van der Waals surface area contributed by atoms with E-state index in [0.717, 1.165) is 11.8 Å². The SMILES string of the molecule is Nn1c(N/N=C/c2cccc(Cl)c2Cl)nnc1SCC(=O)Nc1cc(Cl)cc(Cl)c1. The van der Waals surface area contributed by atoms with Gasteiger partial charge < -0.3 is 11.2 Å². The van der Waals surface area contributed by atoms with E-state index in [4.69, 9.17) is 52.2 Å². The van der Waals surface area contributed by atoms with Crippen LogP contribution in [0.4, 0.5) is 11.6 Å². The third-order valence-corrected chi connectivity index (χ3v) is 5.71. The lowest BCUT2D eigenvalue weighted by molar-refractivity contribution is -0.113. The van der Waals surface area contributed by atoms with Gasteiger partial charge in [0.05, 0.1) is 22.0 Å². The lowest BCUT2D eigenvalue weighted by Gasteiger charge is -2.06. The monoisotopic (exact) mass is 503 g/mol. The molecule has 0 saturated carbocycles. The van der Waals surface area contributed by atoms with E-state index >= 15 is 0 Å². The molecule has 4 N–H and O–H groups in total. The maximum atomic E-state index is 12.1. The summed E-state index contributed by atoms with van der Waals surface area (Å²) in [5.74, 6) is 5.87. The van der Waals surface area contributed by atoms with Crippen molar-refractivity contribution >= 4 is 81.9 Å². The quantitative estimate of drug-likeness (QED) is 0.185. The number of hydrogen-bond acceptors (Lipinski definition) is 7. The summed E-state index contributed by atoms with van der Waals surface area (Å²) in [7, 11) is 0. The summed E-state index contributed by atoms with van der Waals surface area (Å²) >= 11 is 25.0. The lowest BCUT2D eigenvalue weighted by Crippen LogP contribution is -2.16. The molecule has 0 spiro atoms. The van der Waals surface area contributed by atoms with Gasteiger partial charge in [0.25, 0.3) is 5.95 Å². The number of hydrazone groups is 1. The fraction of sp³-hybridized carbons (Fsp3) is 0.0588. The number of nitrogen functional groups attached to an aromatic ring is 1. The molecule has 2 aromatic carbocycles. The first-order valence-electron chi connectivity index (χ1n) is 8.16. The number of carbonyl (C=O) groups is 1. The molecule has 3 aromatic rings. The van der Waals surface area contributed by atoms with Crippen LogP contribution in [0.15, 0.2) is 46.7 Å². The van der Waals surface area contributed by atoms with Gasteiger partial charge in [-0.15, -0.1) is 10.2 Å². The third kappa shape index (κ3) is 5.93. The minimum atomic E-state index is -0.288. The predicted octanol–water partition coefficient (Wildman–Crippen LogP) is 4.78. The first-order valence-corrected chi connectivity index (χ1v) is 10.7. The van der Waals surface area contributed by atoms with Crippen LogP contribution in [-0.2, 0) is 4.79 Å². The van der Waals surface area contributed by atoms with E-state index < -0.39 is 0 Å². The van der Waals surface area contributed by atoms with E-state index in [1.807, 2.05) is 0 Å². The molecule has 0 aliphatic heterocycles. The van der Waals surface area contributed by atoms with Crippen molar-refractivity contribution in [2.75, 3.05) is 22.3 Å². The maximum Gasteiger partial charge on any atom is 0.264 e. The van der Waals surface area contributed by atoms with Gasteiger partial charge in [0.1, 0.15) is 0 Å². The number of aromatic nitrogens is 3. The lowest BCUT2D eigenvalue weighted by atomic mass is 10.2. The first-order chi connectivity index (χ1) is 14.3. The van der Waals surface area contributed by atoms with Crippen molar-refractivity contribution in [3.8, 4) is 0 Å². The minimum Gasteiger partial charge on any atom is -0.334 e. The number of halogens is 4. The van der Waals surface area contributed by atoms with Gasteiger partial charge in [0.15, 0.2) is 0 Å². The number of nitrogens with one attached hydrogen (secondary N) is 2. The highest BCUT2D eigenvalue weighted by Gasteiger charge is 2.12. The first kappa shape index (κ1) is 22.5. The molecule has 0 bridgehead atoms. The van der Waals surface area contributed by atoms with E-state index in [2.05, 4.69) is 26.0 Å². The van der Waals surface area contributed by atoms with Gasteiger partial charge in [0.2, 0.25) is 11.1 Å². The van der Waals surface area contributed by atoms with Crippen molar-refractivity contribution in [2.45, 2.75) is 5.16 Å². The summed E-state index contributed by atoms with van der Waals surface area (Å²) in [5.41, 5.74) is 3.76. The highest BCUT2D eigenvalue weighted by molar-refractivity contribution is 7.99. The molecule has 30 heavy (non-hydrogen) atoms. The summed E-state index contributed by atoms with van der Waals surface area (Å²) in [6.45, 7) is 0. The fourth-order valence-electron chi connectivity index (χ4n) is 2.18. The Morgan fingerprint density at radius 2 is 1.90 bits per heavy atom. The molecule has 8 nitrogen and oxygen atoms in total. The highest BCUT2D eigenvalue weighted by atomic mass is 35.5. The van der Waals surface area contributed by atoms with Gasteiger partial charge in [-0.05, 0) is 24.3 Å². The molecule has 156 valence electrons. The van der Waals surface area contributed by atoms with Crippen LogP contribution in [0.3, 0.4) is 0 Å². The topological polar surface area (TPSA) is 110 Å². The van der Waals surface area contributed by atoms with E-state index in [0.29, 0.717) is 36.5 Å². The van der Waals surface area contributed by atoms with Crippen molar-refractivity contribution in [3.63, 3.8) is 0 Å². The third-order valence-electron chi connectivity index (χ3n) is 3.49. The van der Waals surface area contributed by atoms with Crippen molar-refractivity contribution < 1.29 is 4.79 Å². The number of nitrogens with zero attached hydrogens (tertiary/aromatic N) is 4. The van der Waals surface area contributed by atoms with Crippen LogP contribution in [0.25, 0.3) is 0 Å². The molecular formula is C17H13Cl4N7OS. The Bertz CT molecular complexity index is 1090. The Kier molecular flexibility index (Phi) is 7.68. The standard InChI is InChI=1S/C17H13Cl4N7OS/c18-10-4-11(19)6-12(5-10)24-14(29)8-30-17-27-26-16(28(17)22)25-23-7-9-2-1-3-13(20)15(9)21/h1-7H,8,22H2,(H,24,29)(H,25,26)/b23-7+. The summed E-state index contributed by atoms with van der Waals surface area (Å²) in [6, 6.07) is 9.92. The van der Waals surface area contributed by atoms with E-state index in [1.165, 1.54) is 10.9 Å². The number of nitrogens with two attached hydrogens (primary N) is 1. The van der Waals surface area contributed by atoms with Crippen molar-refractivity contribution in [1.29, 1.82) is 0 Å². The van der Waals surface area contributed by atoms with Gasteiger partial charge in [-0.25, -0.2) is 10.1 Å². The smallest absolute Gasteiger partial charge is 0.264 e. The van der Waals surface area contributed by atoms with Gasteiger partial charge in [-0.1, -0.05) is 70.3 Å². The van der Waals surface area contributed by atoms with E-state index in [-0.39, 0.29) is 17.6 Å². The molecule has 1 heterocycles. The molecule has 0 aliphatic carbocycles. The zero-order valence-electron chi connectivity index (χ0n) is 14.9. The van der Waals surface area contributed by atoms with Crippen molar-refractivity contribution in [3.05, 3.63) is 62.1 Å². The largest absolute Gasteiger partial charge is 0.334 e. The molecule has 13 heteroatoms. The second-order valence-electron chi connectivity index (χ2n) is 5.68. The Morgan fingerprint density at radius 3 is 2.63 bits per heavy atom. The second-order valence-corrected chi connectivity index (χ2v) is 8.28. The number of anilines is 2. The molecule has 1 aromatic heterocycles. The second kappa shape index (κ2) is 10.2. The zero-order valence-corrected chi connectivity index (χ0v) is 18.8. The van der Waals surface area contributed by atoms with Crippen molar-refractivity contribution in [1.82, 2.24) is 14.9 Å². The predicted molar refractivity (Wildman–Crippen MR) is 124 cm³/mol. The van der Waals surface area contributed by atoms with Gasteiger partial charge in [-0.2, -0.15) is 5.10 Å². The number of thioether (sulfide) groups is 1. The van der Waals surface area contributed by atoms with Crippen LogP contribution in [-0.4, -0.2) is 32.7 Å². The zero-order chi connectivity index (χ0) is 21.7. The Hall–Kier alpha value is -2.17. The summed E-state index contributed by atoms with van der Waals surface area (Å²) in [4.78, 5) is 12.1. The molecule has 0 saturated heterocycles. The van der Waals surface area contributed by atoms with E-state index in [1.54, 1.807) is 36.4 Å². The number of benzene rings is 2. The maximum absolute atomic E-state index is 12.1. The number of carbonyl (C=O) groups excluding carboxylic acids is 1. The molecule has 1 amide bonds. The molecule has 0 fully saturated rings. The van der Waals surface area contributed by atoms with Gasteiger partial charge in [0, 0.05) is 21.3 Å². The average Bonchev–Trinajstić information content (AvgIpc) is 3.02. The Balaban J connectivity index is 1.56. The van der Waals surface area contributed by atoms with Gasteiger partial charge >= 0.3 is 0 Å². The molecule has 0 radical (unpaired) electrons. The summed E-state index contributed by atoms with van der Waals surface area (Å²) in [6.07, 6.45) is 1.47. The molecular weight excluding hydrogens is 492 g/mol. The van der Waals surface area contributed by atoms with Gasteiger partial charge in [-0.3, -0.25) is 4.79 Å². The molecule has 0 unspecified atom stereocenters. The fourth-order valence-corrected chi connectivity index (χ4v) is 3.72. The van der Waals surface area contributed by atoms with Crippen LogP contribution in [0.2, 0.25) is 20.1 Å². The van der Waals surface area contributed by atoms with Crippen LogP contribution >= 0.6 is 58.2 Å². The number of hydrogen-bond donors (Lipinski definition) is 3. The normalized spacial score (nSPS) is 11.1. The van der Waals surface area contributed by atoms with E-state index in [9.17, 15) is 4.79 Å². The van der Waals surface area contributed by atoms with Crippen LogP contribution < -0.4 is 16.6 Å². The minimum absolute atomic E-state index is 0.0425. The average molecular weight is 505 g/mol. The number of rotatable bonds is 7. The Labute approximate surface area is 195 Å². The Morgan fingerprint density at radius 1 is 1.17 bits per heavy atom. The number of amides is 1. The summed E-state index contributed by atoms with van der Waals surface area (Å²) in [5, 5.41) is 16.5. The summed E-state index contributed by atoms with van der Waals surface area (Å²) < 4.78 is 1.17. The van der Waals surface area contributed by atoms with Crippen molar-refractivity contribution in [2.24, 2.45) is 5.10 Å². The van der Waals surface area contributed by atoms with Crippen LogP contribution in [0, 0.1) is 0 Å². The highest BCUT2D eigenvalue weighted by Crippen LogP contribution is 2.25. The molecule has 0 aliphatic rings. The van der Waals surface area contributed by atoms with Crippen LogP contribution in [0.1, 0.15) is 5.56 Å². The molecule has 3 rings (SSSR count).